The molecule has 0 unspecified atom stereocenters. The summed E-state index contributed by atoms with van der Waals surface area (Å²) in [6.07, 6.45) is 5.94. The highest BCUT2D eigenvalue weighted by Gasteiger charge is 2.04. The Morgan fingerprint density at radius 3 is 2.93 bits per heavy atom. The predicted molar refractivity (Wildman–Crippen MR) is 55.8 cm³/mol. The van der Waals surface area contributed by atoms with Gasteiger partial charge >= 0.3 is 0 Å². The lowest BCUT2D eigenvalue weighted by Gasteiger charge is -2.15. The van der Waals surface area contributed by atoms with Gasteiger partial charge in [-0.05, 0) is 13.5 Å². The van der Waals surface area contributed by atoms with Gasteiger partial charge in [-0.15, -0.1) is 6.42 Å². The first kappa shape index (κ1) is 12.9. The van der Waals surface area contributed by atoms with E-state index in [1.54, 1.807) is 7.11 Å². The van der Waals surface area contributed by atoms with E-state index >= 15 is 0 Å². The van der Waals surface area contributed by atoms with E-state index in [-0.39, 0.29) is 5.91 Å². The van der Waals surface area contributed by atoms with E-state index in [4.69, 9.17) is 11.2 Å². The first-order valence-corrected chi connectivity index (χ1v) is 4.58. The summed E-state index contributed by atoms with van der Waals surface area (Å²) >= 11 is 0. The molecule has 0 aliphatic carbocycles. The molecule has 0 rings (SSSR count). The summed E-state index contributed by atoms with van der Waals surface area (Å²) in [6, 6.07) is 0. The monoisotopic (exact) mass is 198 g/mol. The summed E-state index contributed by atoms with van der Waals surface area (Å²) in [7, 11) is 3.56. The van der Waals surface area contributed by atoms with Gasteiger partial charge in [-0.3, -0.25) is 9.69 Å². The molecule has 0 fully saturated rings. The highest BCUT2D eigenvalue weighted by atomic mass is 16.5. The molecule has 80 valence electrons. The number of carbonyl (C=O) groups is 1. The number of nitrogens with one attached hydrogen (secondary N) is 1. The van der Waals surface area contributed by atoms with E-state index in [0.717, 1.165) is 19.6 Å². The lowest BCUT2D eigenvalue weighted by molar-refractivity contribution is -0.121. The van der Waals surface area contributed by atoms with Crippen LogP contribution in [0.15, 0.2) is 0 Å². The molecular formula is C10H18N2O2. The van der Waals surface area contributed by atoms with Crippen molar-refractivity contribution in [3.05, 3.63) is 0 Å². The van der Waals surface area contributed by atoms with Crippen LogP contribution in [0.1, 0.15) is 6.42 Å². The topological polar surface area (TPSA) is 41.6 Å². The highest BCUT2D eigenvalue weighted by Crippen LogP contribution is 1.87. The normalized spacial score (nSPS) is 9.86. The van der Waals surface area contributed by atoms with Gasteiger partial charge in [0, 0.05) is 20.3 Å². The van der Waals surface area contributed by atoms with E-state index in [1.165, 1.54) is 0 Å². The van der Waals surface area contributed by atoms with Crippen LogP contribution in [0.2, 0.25) is 0 Å². The van der Waals surface area contributed by atoms with Gasteiger partial charge in [-0.2, -0.15) is 0 Å². The van der Waals surface area contributed by atoms with E-state index < -0.39 is 0 Å². The SMILES string of the molecule is C#CCNC(=O)CN(C)CCCOC. The number of terminal acetylenes is 1. The Morgan fingerprint density at radius 2 is 2.36 bits per heavy atom. The number of rotatable bonds is 7. The first-order valence-electron chi connectivity index (χ1n) is 4.58. The molecule has 0 aliphatic heterocycles. The second kappa shape index (κ2) is 8.54. The lowest BCUT2D eigenvalue weighted by Crippen LogP contribution is -2.35. The minimum atomic E-state index is -0.0390. The molecule has 14 heavy (non-hydrogen) atoms. The number of nitrogens with zero attached hydrogens (tertiary/aromatic N) is 1. The molecule has 0 bridgehead atoms. The third-order valence-corrected chi connectivity index (χ3v) is 1.69. The average molecular weight is 198 g/mol. The Hall–Kier alpha value is -1.05. The van der Waals surface area contributed by atoms with Crippen molar-refractivity contribution >= 4 is 5.91 Å². The van der Waals surface area contributed by atoms with E-state index in [0.29, 0.717) is 13.1 Å². The van der Waals surface area contributed by atoms with Crippen LogP contribution in [0.3, 0.4) is 0 Å². The van der Waals surface area contributed by atoms with Crippen LogP contribution in [0.5, 0.6) is 0 Å². The fraction of sp³-hybridized carbons (Fsp3) is 0.700. The van der Waals surface area contributed by atoms with Crippen LogP contribution >= 0.6 is 0 Å². The third-order valence-electron chi connectivity index (χ3n) is 1.69. The van der Waals surface area contributed by atoms with Crippen LogP contribution in [-0.4, -0.2) is 51.2 Å². The maximum absolute atomic E-state index is 11.2. The molecule has 0 aromatic carbocycles. The maximum atomic E-state index is 11.2. The molecule has 0 aliphatic rings. The second-order valence-corrected chi connectivity index (χ2v) is 3.06. The van der Waals surface area contributed by atoms with Crippen molar-refractivity contribution in [2.24, 2.45) is 0 Å². The van der Waals surface area contributed by atoms with Crippen LogP contribution in [0, 0.1) is 12.3 Å². The van der Waals surface area contributed by atoms with Gasteiger partial charge in [0.1, 0.15) is 0 Å². The summed E-state index contributed by atoms with van der Waals surface area (Å²) in [6.45, 7) is 2.24. The largest absolute Gasteiger partial charge is 0.385 e. The maximum Gasteiger partial charge on any atom is 0.234 e. The molecule has 0 spiro atoms. The number of hydrogen-bond donors (Lipinski definition) is 1. The molecule has 1 N–H and O–H groups in total. The van der Waals surface area contributed by atoms with Crippen molar-refractivity contribution in [1.82, 2.24) is 10.2 Å². The minimum absolute atomic E-state index is 0.0390. The summed E-state index contributed by atoms with van der Waals surface area (Å²) in [5.41, 5.74) is 0. The van der Waals surface area contributed by atoms with Gasteiger partial charge < -0.3 is 10.1 Å². The molecule has 0 saturated heterocycles. The fourth-order valence-electron chi connectivity index (χ4n) is 1.01. The first-order chi connectivity index (χ1) is 6.70. The molecule has 0 saturated carbocycles. The standard InChI is InChI=1S/C10H18N2O2/c1-4-6-11-10(13)9-12(2)7-5-8-14-3/h1H,5-9H2,2-3H3,(H,11,13). The molecule has 4 nitrogen and oxygen atoms in total. The van der Waals surface area contributed by atoms with E-state index in [9.17, 15) is 4.79 Å². The van der Waals surface area contributed by atoms with Crippen LogP contribution < -0.4 is 5.32 Å². The van der Waals surface area contributed by atoms with Crippen molar-refractivity contribution in [3.63, 3.8) is 0 Å². The molecule has 0 atom stereocenters. The van der Waals surface area contributed by atoms with E-state index in [1.807, 2.05) is 11.9 Å². The zero-order valence-electron chi connectivity index (χ0n) is 8.88. The fourth-order valence-corrected chi connectivity index (χ4v) is 1.01. The Kier molecular flexibility index (Phi) is 7.90. The number of methoxy groups -OCH3 is 1. The van der Waals surface area contributed by atoms with Crippen LogP contribution in [0.25, 0.3) is 0 Å². The summed E-state index contributed by atoms with van der Waals surface area (Å²) in [4.78, 5) is 13.1. The zero-order valence-corrected chi connectivity index (χ0v) is 8.88. The van der Waals surface area contributed by atoms with Crippen molar-refractivity contribution in [2.45, 2.75) is 6.42 Å². The highest BCUT2D eigenvalue weighted by molar-refractivity contribution is 5.78. The lowest BCUT2D eigenvalue weighted by atomic mass is 10.4. The molecular weight excluding hydrogens is 180 g/mol. The molecule has 0 aromatic rings. The van der Waals surface area contributed by atoms with Gasteiger partial charge in [0.2, 0.25) is 5.91 Å². The van der Waals surface area contributed by atoms with Gasteiger partial charge in [0.05, 0.1) is 13.1 Å². The quantitative estimate of drug-likeness (QED) is 0.451. The van der Waals surface area contributed by atoms with Gasteiger partial charge in [-0.1, -0.05) is 5.92 Å². The Bertz CT molecular complexity index is 199. The zero-order chi connectivity index (χ0) is 10.8. The smallest absolute Gasteiger partial charge is 0.234 e. The number of ether oxygens (including phenoxy) is 1. The number of amides is 1. The molecule has 0 heterocycles. The van der Waals surface area contributed by atoms with Crippen molar-refractivity contribution in [2.75, 3.05) is 40.4 Å². The summed E-state index contributed by atoms with van der Waals surface area (Å²) in [5, 5.41) is 2.61. The Morgan fingerprint density at radius 1 is 1.64 bits per heavy atom. The number of hydrogen-bond acceptors (Lipinski definition) is 3. The van der Waals surface area contributed by atoms with Crippen molar-refractivity contribution in [3.8, 4) is 12.3 Å². The predicted octanol–water partition coefficient (Wildman–Crippen LogP) is -0.296. The molecule has 0 aromatic heterocycles. The summed E-state index contributed by atoms with van der Waals surface area (Å²) < 4.78 is 4.91. The van der Waals surface area contributed by atoms with Crippen LogP contribution in [0.4, 0.5) is 0 Å². The Balaban J connectivity index is 3.46. The molecule has 1 amide bonds. The Labute approximate surface area is 85.6 Å². The van der Waals surface area contributed by atoms with Gasteiger partial charge in [0.15, 0.2) is 0 Å². The molecule has 0 radical (unpaired) electrons. The third kappa shape index (κ3) is 7.59. The van der Waals surface area contributed by atoms with Gasteiger partial charge in [0.25, 0.3) is 0 Å². The summed E-state index contributed by atoms with van der Waals surface area (Å²) in [5.74, 6) is 2.31. The van der Waals surface area contributed by atoms with Crippen molar-refractivity contribution < 1.29 is 9.53 Å². The minimum Gasteiger partial charge on any atom is -0.385 e. The second-order valence-electron chi connectivity index (χ2n) is 3.06. The van der Waals surface area contributed by atoms with Crippen LogP contribution in [-0.2, 0) is 9.53 Å². The van der Waals surface area contributed by atoms with E-state index in [2.05, 4.69) is 11.2 Å². The van der Waals surface area contributed by atoms with Gasteiger partial charge in [-0.25, -0.2) is 0 Å². The number of carbonyl (C=O) groups excluding carboxylic acids is 1. The number of likely N-dealkylation sites (N-methyl/N-ethyl adjacent to an activating group) is 1. The van der Waals surface area contributed by atoms with Crippen molar-refractivity contribution in [1.29, 1.82) is 0 Å². The average Bonchev–Trinajstić information content (AvgIpc) is 2.15. The molecule has 4 heteroatoms.